The summed E-state index contributed by atoms with van der Waals surface area (Å²) >= 11 is 5.47. The number of aromatic nitrogens is 2. The molecule has 1 aromatic rings. The standard InChI is InChI=1S/C9H13BrN2OS/c1-2-7(10)9-12-11-8(13-9)6-3-4-14-5-6/h6-7H,2-5H2,1H3. The molecule has 1 aliphatic rings. The SMILES string of the molecule is CCC(Br)c1nnc(C2CCSC2)o1. The van der Waals surface area contributed by atoms with Gasteiger partial charge in [0, 0.05) is 11.7 Å². The molecule has 0 spiro atoms. The van der Waals surface area contributed by atoms with Crippen LogP contribution in [0, 0.1) is 0 Å². The predicted molar refractivity (Wildman–Crippen MR) is 60.9 cm³/mol. The molecule has 1 aromatic heterocycles. The average molecular weight is 277 g/mol. The monoisotopic (exact) mass is 276 g/mol. The van der Waals surface area contributed by atoms with Crippen molar-refractivity contribution in [2.45, 2.75) is 30.5 Å². The zero-order valence-electron chi connectivity index (χ0n) is 8.07. The Balaban J connectivity index is 2.08. The van der Waals surface area contributed by atoms with Crippen LogP contribution in [0.4, 0.5) is 0 Å². The highest BCUT2D eigenvalue weighted by molar-refractivity contribution is 9.09. The maximum absolute atomic E-state index is 5.64. The van der Waals surface area contributed by atoms with Gasteiger partial charge in [-0.15, -0.1) is 10.2 Å². The summed E-state index contributed by atoms with van der Waals surface area (Å²) in [5.41, 5.74) is 0. The third-order valence-electron chi connectivity index (χ3n) is 2.36. The number of nitrogens with zero attached hydrogens (tertiary/aromatic N) is 2. The molecule has 2 unspecified atom stereocenters. The quantitative estimate of drug-likeness (QED) is 0.796. The van der Waals surface area contributed by atoms with Crippen LogP contribution < -0.4 is 0 Å². The van der Waals surface area contributed by atoms with Crippen LogP contribution in [0.3, 0.4) is 0 Å². The number of halogens is 1. The van der Waals surface area contributed by atoms with Crippen molar-refractivity contribution in [2.24, 2.45) is 0 Å². The van der Waals surface area contributed by atoms with Crippen LogP contribution >= 0.6 is 27.7 Å². The van der Waals surface area contributed by atoms with Gasteiger partial charge in [-0.05, 0) is 18.6 Å². The van der Waals surface area contributed by atoms with E-state index in [1.807, 2.05) is 11.8 Å². The van der Waals surface area contributed by atoms with E-state index in [1.165, 1.54) is 12.2 Å². The highest BCUT2D eigenvalue weighted by atomic mass is 79.9. The fraction of sp³-hybridized carbons (Fsp3) is 0.778. The van der Waals surface area contributed by atoms with E-state index in [1.54, 1.807) is 0 Å². The van der Waals surface area contributed by atoms with Gasteiger partial charge in [-0.3, -0.25) is 0 Å². The zero-order chi connectivity index (χ0) is 9.97. The van der Waals surface area contributed by atoms with Crippen molar-refractivity contribution in [1.82, 2.24) is 10.2 Å². The van der Waals surface area contributed by atoms with Gasteiger partial charge >= 0.3 is 0 Å². The summed E-state index contributed by atoms with van der Waals surface area (Å²) in [4.78, 5) is 0.206. The molecule has 1 aliphatic heterocycles. The molecule has 0 radical (unpaired) electrons. The van der Waals surface area contributed by atoms with Crippen LogP contribution in [-0.2, 0) is 0 Å². The van der Waals surface area contributed by atoms with Crippen molar-refractivity contribution in [3.8, 4) is 0 Å². The molecule has 0 N–H and O–H groups in total. The Morgan fingerprint density at radius 3 is 3.14 bits per heavy atom. The van der Waals surface area contributed by atoms with Crippen LogP contribution in [0.5, 0.6) is 0 Å². The fourth-order valence-electron chi connectivity index (χ4n) is 1.44. The molecule has 3 nitrogen and oxygen atoms in total. The molecule has 0 aromatic carbocycles. The molecule has 0 bridgehead atoms. The summed E-state index contributed by atoms with van der Waals surface area (Å²) in [7, 11) is 0. The topological polar surface area (TPSA) is 38.9 Å². The first-order valence-electron chi connectivity index (χ1n) is 4.86. The Morgan fingerprint density at radius 1 is 1.64 bits per heavy atom. The molecule has 0 amide bonds. The summed E-state index contributed by atoms with van der Waals surface area (Å²) in [5.74, 6) is 4.37. The average Bonchev–Trinajstić information content (AvgIpc) is 2.86. The van der Waals surface area contributed by atoms with Crippen LogP contribution in [0.2, 0.25) is 0 Å². The van der Waals surface area contributed by atoms with E-state index in [2.05, 4.69) is 33.1 Å². The molecule has 14 heavy (non-hydrogen) atoms. The molecule has 78 valence electrons. The molecule has 5 heteroatoms. The summed E-state index contributed by atoms with van der Waals surface area (Å²) in [6.45, 7) is 2.09. The van der Waals surface area contributed by atoms with E-state index in [0.717, 1.165) is 24.0 Å². The van der Waals surface area contributed by atoms with Crippen molar-refractivity contribution in [3.63, 3.8) is 0 Å². The van der Waals surface area contributed by atoms with Gasteiger partial charge in [0.15, 0.2) is 0 Å². The molecule has 2 rings (SSSR count). The molecule has 2 heterocycles. The van der Waals surface area contributed by atoms with Crippen LogP contribution in [0.1, 0.15) is 42.3 Å². The minimum absolute atomic E-state index is 0.206. The lowest BCUT2D eigenvalue weighted by molar-refractivity contribution is 0.423. The number of hydrogen-bond donors (Lipinski definition) is 0. The number of hydrogen-bond acceptors (Lipinski definition) is 4. The van der Waals surface area contributed by atoms with E-state index in [-0.39, 0.29) is 4.83 Å². The van der Waals surface area contributed by atoms with Gasteiger partial charge < -0.3 is 4.42 Å². The molecule has 0 saturated carbocycles. The minimum atomic E-state index is 0.206. The third-order valence-corrected chi connectivity index (χ3v) is 4.56. The lowest BCUT2D eigenvalue weighted by Gasteiger charge is -2.01. The Labute approximate surface area is 96.2 Å². The molecular weight excluding hydrogens is 264 g/mol. The van der Waals surface area contributed by atoms with E-state index >= 15 is 0 Å². The predicted octanol–water partition coefficient (Wildman–Crippen LogP) is 3.14. The molecule has 1 saturated heterocycles. The van der Waals surface area contributed by atoms with Gasteiger partial charge in [0.05, 0.1) is 4.83 Å². The second kappa shape index (κ2) is 4.66. The summed E-state index contributed by atoms with van der Waals surface area (Å²) in [6, 6.07) is 0. The highest BCUT2D eigenvalue weighted by Crippen LogP contribution is 2.33. The maximum Gasteiger partial charge on any atom is 0.230 e. The lowest BCUT2D eigenvalue weighted by atomic mass is 10.1. The molecule has 1 fully saturated rings. The Hall–Kier alpha value is -0.0300. The van der Waals surface area contributed by atoms with Gasteiger partial charge in [-0.25, -0.2) is 0 Å². The second-order valence-corrected chi connectivity index (χ2v) is 5.67. The highest BCUT2D eigenvalue weighted by Gasteiger charge is 2.24. The largest absolute Gasteiger partial charge is 0.424 e. The molecule has 2 atom stereocenters. The first kappa shape index (κ1) is 10.5. The van der Waals surface area contributed by atoms with Crippen LogP contribution in [-0.4, -0.2) is 21.7 Å². The van der Waals surface area contributed by atoms with Crippen LogP contribution in [0.15, 0.2) is 4.42 Å². The zero-order valence-corrected chi connectivity index (χ0v) is 10.5. The summed E-state index contributed by atoms with van der Waals surface area (Å²) in [5, 5.41) is 8.17. The number of alkyl halides is 1. The van der Waals surface area contributed by atoms with E-state index < -0.39 is 0 Å². The Kier molecular flexibility index (Phi) is 3.49. The van der Waals surface area contributed by atoms with Crippen molar-refractivity contribution < 1.29 is 4.42 Å². The van der Waals surface area contributed by atoms with Crippen molar-refractivity contribution >= 4 is 27.7 Å². The van der Waals surface area contributed by atoms with E-state index in [4.69, 9.17) is 4.42 Å². The van der Waals surface area contributed by atoms with Gasteiger partial charge in [-0.2, -0.15) is 11.8 Å². The first-order chi connectivity index (χ1) is 6.81. The van der Waals surface area contributed by atoms with Gasteiger partial charge in [0.1, 0.15) is 0 Å². The fourth-order valence-corrected chi connectivity index (χ4v) is 2.84. The number of thioether (sulfide) groups is 1. The first-order valence-corrected chi connectivity index (χ1v) is 6.93. The molecule has 0 aliphatic carbocycles. The smallest absolute Gasteiger partial charge is 0.230 e. The van der Waals surface area contributed by atoms with Gasteiger partial charge in [-0.1, -0.05) is 22.9 Å². The van der Waals surface area contributed by atoms with Gasteiger partial charge in [0.25, 0.3) is 0 Å². The third kappa shape index (κ3) is 2.14. The lowest BCUT2D eigenvalue weighted by Crippen LogP contribution is -1.95. The Morgan fingerprint density at radius 2 is 2.50 bits per heavy atom. The summed E-state index contributed by atoms with van der Waals surface area (Å²) in [6.07, 6.45) is 2.15. The van der Waals surface area contributed by atoms with Gasteiger partial charge in [0.2, 0.25) is 11.8 Å². The maximum atomic E-state index is 5.64. The minimum Gasteiger partial charge on any atom is -0.424 e. The van der Waals surface area contributed by atoms with E-state index in [9.17, 15) is 0 Å². The second-order valence-electron chi connectivity index (χ2n) is 3.41. The van der Waals surface area contributed by atoms with E-state index in [0.29, 0.717) is 5.92 Å². The molecular formula is C9H13BrN2OS. The van der Waals surface area contributed by atoms with Crippen molar-refractivity contribution in [2.75, 3.05) is 11.5 Å². The normalized spacial score (nSPS) is 24.0. The van der Waals surface area contributed by atoms with Crippen LogP contribution in [0.25, 0.3) is 0 Å². The Bertz CT molecular complexity index is 299. The van der Waals surface area contributed by atoms with Crippen molar-refractivity contribution in [3.05, 3.63) is 11.8 Å². The van der Waals surface area contributed by atoms with Crippen molar-refractivity contribution in [1.29, 1.82) is 0 Å². The number of rotatable bonds is 3. The summed E-state index contributed by atoms with van der Waals surface area (Å²) < 4.78 is 5.64.